The standard InChI is InChI=1S/C15H24N4O/c1-2-6-13(16)15(20)18-12-7-8-14(17-11-12)19-9-4-3-5-10-19/h7-8,11,13H,2-6,9-10,16H2,1H3,(H,18,20)/t13-/m1/s1. The van der Waals surface area contributed by atoms with Crippen LogP contribution in [0.25, 0.3) is 0 Å². The predicted molar refractivity (Wildman–Crippen MR) is 81.8 cm³/mol. The second-order valence-electron chi connectivity index (χ2n) is 5.34. The van der Waals surface area contributed by atoms with Gasteiger partial charge in [0.1, 0.15) is 5.82 Å². The lowest BCUT2D eigenvalue weighted by atomic mass is 10.1. The summed E-state index contributed by atoms with van der Waals surface area (Å²) in [6.07, 6.45) is 7.07. The largest absolute Gasteiger partial charge is 0.357 e. The number of pyridine rings is 1. The Hall–Kier alpha value is -1.62. The lowest BCUT2D eigenvalue weighted by Gasteiger charge is -2.27. The van der Waals surface area contributed by atoms with Crippen LogP contribution in [0.2, 0.25) is 0 Å². The maximum atomic E-state index is 11.8. The Kier molecular flexibility index (Phi) is 5.35. The fraction of sp³-hybridized carbons (Fsp3) is 0.600. The van der Waals surface area contributed by atoms with E-state index in [0.29, 0.717) is 12.1 Å². The number of piperidine rings is 1. The SMILES string of the molecule is CCC[C@@H](N)C(=O)Nc1ccc(N2CCCCC2)nc1. The first kappa shape index (κ1) is 14.8. The summed E-state index contributed by atoms with van der Waals surface area (Å²) in [6, 6.07) is 3.42. The van der Waals surface area contributed by atoms with Crippen LogP contribution < -0.4 is 16.0 Å². The second kappa shape index (κ2) is 7.24. The molecule has 1 aliphatic heterocycles. The van der Waals surface area contributed by atoms with Gasteiger partial charge in [0.05, 0.1) is 17.9 Å². The van der Waals surface area contributed by atoms with E-state index in [1.807, 2.05) is 19.1 Å². The average Bonchev–Trinajstić information content (AvgIpc) is 2.49. The van der Waals surface area contributed by atoms with E-state index in [2.05, 4.69) is 15.2 Å². The normalized spacial score (nSPS) is 16.8. The molecule has 0 spiro atoms. The first-order valence-corrected chi connectivity index (χ1v) is 7.48. The fourth-order valence-corrected chi connectivity index (χ4v) is 2.45. The number of aromatic nitrogens is 1. The summed E-state index contributed by atoms with van der Waals surface area (Å²) in [5.74, 6) is 0.847. The summed E-state index contributed by atoms with van der Waals surface area (Å²) in [6.45, 7) is 4.16. The van der Waals surface area contributed by atoms with Crippen molar-refractivity contribution in [3.05, 3.63) is 18.3 Å². The summed E-state index contributed by atoms with van der Waals surface area (Å²) >= 11 is 0. The number of hydrogen-bond donors (Lipinski definition) is 2. The summed E-state index contributed by atoms with van der Waals surface area (Å²) in [5.41, 5.74) is 6.49. The van der Waals surface area contributed by atoms with E-state index < -0.39 is 6.04 Å². The average molecular weight is 276 g/mol. The van der Waals surface area contributed by atoms with Crippen LogP contribution in [0.1, 0.15) is 39.0 Å². The molecule has 0 aromatic carbocycles. The van der Waals surface area contributed by atoms with E-state index in [1.54, 1.807) is 6.20 Å². The Balaban J connectivity index is 1.92. The van der Waals surface area contributed by atoms with Gasteiger partial charge < -0.3 is 16.0 Å². The van der Waals surface area contributed by atoms with E-state index in [9.17, 15) is 4.79 Å². The van der Waals surface area contributed by atoms with Gasteiger partial charge in [0.2, 0.25) is 5.91 Å². The Labute approximate surface area is 120 Å². The molecule has 3 N–H and O–H groups in total. The van der Waals surface area contributed by atoms with Crippen LogP contribution in [-0.2, 0) is 4.79 Å². The summed E-state index contributed by atoms with van der Waals surface area (Å²) in [7, 11) is 0. The zero-order valence-corrected chi connectivity index (χ0v) is 12.1. The third-order valence-corrected chi connectivity index (χ3v) is 3.63. The molecule has 1 atom stereocenters. The number of nitrogens with zero attached hydrogens (tertiary/aromatic N) is 2. The van der Waals surface area contributed by atoms with Gasteiger partial charge in [-0.1, -0.05) is 13.3 Å². The number of carbonyl (C=O) groups excluding carboxylic acids is 1. The van der Waals surface area contributed by atoms with E-state index >= 15 is 0 Å². The third kappa shape index (κ3) is 3.93. The molecule has 1 fully saturated rings. The van der Waals surface area contributed by atoms with Crippen LogP contribution >= 0.6 is 0 Å². The number of amides is 1. The van der Waals surface area contributed by atoms with Gasteiger partial charge in [-0.3, -0.25) is 4.79 Å². The van der Waals surface area contributed by atoms with Crippen LogP contribution in [0, 0.1) is 0 Å². The smallest absolute Gasteiger partial charge is 0.241 e. The molecule has 20 heavy (non-hydrogen) atoms. The zero-order chi connectivity index (χ0) is 14.4. The van der Waals surface area contributed by atoms with Crippen LogP contribution in [0.4, 0.5) is 11.5 Å². The number of carbonyl (C=O) groups is 1. The highest BCUT2D eigenvalue weighted by Crippen LogP contribution is 2.19. The molecular weight excluding hydrogens is 252 g/mol. The number of nitrogens with two attached hydrogens (primary N) is 1. The number of hydrogen-bond acceptors (Lipinski definition) is 4. The molecule has 0 aliphatic carbocycles. The van der Waals surface area contributed by atoms with Crippen LogP contribution in [0.3, 0.4) is 0 Å². The molecule has 2 heterocycles. The van der Waals surface area contributed by atoms with Crippen LogP contribution in [-0.4, -0.2) is 30.0 Å². The fourth-order valence-electron chi connectivity index (χ4n) is 2.45. The maximum absolute atomic E-state index is 11.8. The van der Waals surface area contributed by atoms with Crippen molar-refractivity contribution in [1.82, 2.24) is 4.98 Å². The van der Waals surface area contributed by atoms with Crippen LogP contribution in [0.5, 0.6) is 0 Å². The minimum atomic E-state index is -0.443. The monoisotopic (exact) mass is 276 g/mol. The lowest BCUT2D eigenvalue weighted by molar-refractivity contribution is -0.117. The molecule has 5 nitrogen and oxygen atoms in total. The molecule has 0 bridgehead atoms. The highest BCUT2D eigenvalue weighted by atomic mass is 16.2. The van der Waals surface area contributed by atoms with E-state index in [0.717, 1.165) is 25.3 Å². The van der Waals surface area contributed by atoms with Crippen LogP contribution in [0.15, 0.2) is 18.3 Å². The van der Waals surface area contributed by atoms with Gasteiger partial charge >= 0.3 is 0 Å². The molecule has 1 amide bonds. The molecule has 1 saturated heterocycles. The van der Waals surface area contributed by atoms with Crippen molar-refractivity contribution in [1.29, 1.82) is 0 Å². The summed E-state index contributed by atoms with van der Waals surface area (Å²) < 4.78 is 0. The number of nitrogens with one attached hydrogen (secondary N) is 1. The first-order chi connectivity index (χ1) is 9.70. The Morgan fingerprint density at radius 2 is 2.15 bits per heavy atom. The second-order valence-corrected chi connectivity index (χ2v) is 5.34. The topological polar surface area (TPSA) is 71.2 Å². The highest BCUT2D eigenvalue weighted by Gasteiger charge is 2.14. The summed E-state index contributed by atoms with van der Waals surface area (Å²) in [4.78, 5) is 18.5. The molecule has 1 aromatic heterocycles. The van der Waals surface area contributed by atoms with Crippen molar-refractivity contribution in [3.8, 4) is 0 Å². The van der Waals surface area contributed by atoms with E-state index in [-0.39, 0.29) is 5.91 Å². The molecular formula is C15H24N4O. The molecule has 0 radical (unpaired) electrons. The van der Waals surface area contributed by atoms with Crippen molar-refractivity contribution in [3.63, 3.8) is 0 Å². The van der Waals surface area contributed by atoms with Gasteiger partial charge in [0, 0.05) is 13.1 Å². The Morgan fingerprint density at radius 1 is 1.40 bits per heavy atom. The Bertz CT molecular complexity index is 426. The molecule has 110 valence electrons. The lowest BCUT2D eigenvalue weighted by Crippen LogP contribution is -2.35. The molecule has 1 aromatic rings. The molecule has 0 saturated carbocycles. The van der Waals surface area contributed by atoms with Gasteiger partial charge in [-0.25, -0.2) is 4.98 Å². The molecule has 5 heteroatoms. The third-order valence-electron chi connectivity index (χ3n) is 3.63. The van der Waals surface area contributed by atoms with Gasteiger partial charge in [-0.05, 0) is 37.8 Å². The van der Waals surface area contributed by atoms with Crippen molar-refractivity contribution in [2.45, 2.75) is 45.1 Å². The predicted octanol–water partition coefficient (Wildman–Crippen LogP) is 2.14. The highest BCUT2D eigenvalue weighted by molar-refractivity contribution is 5.94. The summed E-state index contributed by atoms with van der Waals surface area (Å²) in [5, 5.41) is 2.81. The van der Waals surface area contributed by atoms with Crippen molar-refractivity contribution >= 4 is 17.4 Å². The van der Waals surface area contributed by atoms with Gasteiger partial charge in [0.15, 0.2) is 0 Å². The van der Waals surface area contributed by atoms with E-state index in [4.69, 9.17) is 5.73 Å². The minimum Gasteiger partial charge on any atom is -0.357 e. The first-order valence-electron chi connectivity index (χ1n) is 7.48. The van der Waals surface area contributed by atoms with E-state index in [1.165, 1.54) is 19.3 Å². The minimum absolute atomic E-state index is 0.139. The number of rotatable bonds is 5. The van der Waals surface area contributed by atoms with Gasteiger partial charge in [-0.2, -0.15) is 0 Å². The number of anilines is 2. The zero-order valence-electron chi connectivity index (χ0n) is 12.1. The van der Waals surface area contributed by atoms with Crippen molar-refractivity contribution in [2.75, 3.05) is 23.3 Å². The van der Waals surface area contributed by atoms with Gasteiger partial charge in [-0.15, -0.1) is 0 Å². The maximum Gasteiger partial charge on any atom is 0.241 e. The van der Waals surface area contributed by atoms with Gasteiger partial charge in [0.25, 0.3) is 0 Å². The molecule has 1 aliphatic rings. The molecule has 0 unspecified atom stereocenters. The Morgan fingerprint density at radius 3 is 2.75 bits per heavy atom. The van der Waals surface area contributed by atoms with Crippen molar-refractivity contribution < 1.29 is 4.79 Å². The molecule has 2 rings (SSSR count). The van der Waals surface area contributed by atoms with Crippen molar-refractivity contribution in [2.24, 2.45) is 5.73 Å². The quantitative estimate of drug-likeness (QED) is 0.864.